The number of rotatable bonds is 6. The molecule has 1 unspecified atom stereocenters. The Balaban J connectivity index is 2.11. The smallest absolute Gasteiger partial charge is 0.305 e. The minimum absolute atomic E-state index is 0.0278. The van der Waals surface area contributed by atoms with E-state index in [0.717, 1.165) is 11.1 Å². The van der Waals surface area contributed by atoms with Gasteiger partial charge in [0.1, 0.15) is 0 Å². The first-order chi connectivity index (χ1) is 10.5. The van der Waals surface area contributed by atoms with E-state index in [1.807, 2.05) is 12.2 Å². The summed E-state index contributed by atoms with van der Waals surface area (Å²) in [5.74, 6) is -0.348. The van der Waals surface area contributed by atoms with Crippen LogP contribution in [0.25, 0.3) is 12.2 Å². The lowest BCUT2D eigenvalue weighted by atomic mass is 10.1. The Hall–Kier alpha value is -2.76. The first kappa shape index (κ1) is 15.6. The number of hydrogen-bond donors (Lipinski definition) is 2. The maximum atomic E-state index is 10.7. The van der Waals surface area contributed by atoms with Gasteiger partial charge in [-0.2, -0.15) is 5.10 Å². The van der Waals surface area contributed by atoms with E-state index in [9.17, 15) is 9.90 Å². The van der Waals surface area contributed by atoms with Crippen molar-refractivity contribution in [3.8, 4) is 11.5 Å². The van der Waals surface area contributed by atoms with Crippen LogP contribution in [0.5, 0.6) is 11.5 Å². The number of carbonyl (C=O) groups is 1. The third-order valence-electron chi connectivity index (χ3n) is 3.22. The van der Waals surface area contributed by atoms with Crippen LogP contribution in [0.15, 0.2) is 30.6 Å². The van der Waals surface area contributed by atoms with Gasteiger partial charge in [-0.3, -0.25) is 9.48 Å². The lowest BCUT2D eigenvalue weighted by molar-refractivity contribution is -0.137. The number of aliphatic carboxylic acids is 1. The van der Waals surface area contributed by atoms with E-state index in [4.69, 9.17) is 9.84 Å². The SMILES string of the molecule is COc1cc(/C=C/c2cnn(C(C)CC(=O)O)c2)ccc1O. The fourth-order valence-electron chi connectivity index (χ4n) is 2.02. The van der Waals surface area contributed by atoms with Crippen molar-refractivity contribution in [2.24, 2.45) is 0 Å². The van der Waals surface area contributed by atoms with Gasteiger partial charge >= 0.3 is 5.97 Å². The van der Waals surface area contributed by atoms with Crippen molar-refractivity contribution in [2.45, 2.75) is 19.4 Å². The van der Waals surface area contributed by atoms with E-state index >= 15 is 0 Å². The van der Waals surface area contributed by atoms with E-state index in [1.165, 1.54) is 7.11 Å². The molecular formula is C16H18N2O4. The average molecular weight is 302 g/mol. The molecule has 1 aromatic carbocycles. The molecule has 2 N–H and O–H groups in total. The molecule has 0 aliphatic heterocycles. The average Bonchev–Trinajstić information content (AvgIpc) is 2.94. The number of phenolic OH excluding ortho intramolecular Hbond substituents is 1. The minimum Gasteiger partial charge on any atom is -0.504 e. The van der Waals surface area contributed by atoms with Crippen LogP contribution in [0.3, 0.4) is 0 Å². The first-order valence-electron chi connectivity index (χ1n) is 6.80. The molecule has 0 saturated heterocycles. The predicted octanol–water partition coefficient (Wildman–Crippen LogP) is 2.80. The number of carboxylic acids is 1. The highest BCUT2D eigenvalue weighted by atomic mass is 16.5. The summed E-state index contributed by atoms with van der Waals surface area (Å²) in [5, 5.41) is 22.5. The molecule has 1 heterocycles. The lowest BCUT2D eigenvalue weighted by Gasteiger charge is -2.08. The maximum absolute atomic E-state index is 10.7. The van der Waals surface area contributed by atoms with Gasteiger partial charge in [-0.15, -0.1) is 0 Å². The molecule has 0 bridgehead atoms. The van der Waals surface area contributed by atoms with Crippen molar-refractivity contribution in [3.63, 3.8) is 0 Å². The highest BCUT2D eigenvalue weighted by molar-refractivity contribution is 5.70. The monoisotopic (exact) mass is 302 g/mol. The van der Waals surface area contributed by atoms with Gasteiger partial charge in [-0.1, -0.05) is 18.2 Å². The van der Waals surface area contributed by atoms with Crippen LogP contribution in [0.2, 0.25) is 0 Å². The molecule has 0 spiro atoms. The van der Waals surface area contributed by atoms with Crippen LogP contribution in [0.4, 0.5) is 0 Å². The number of aromatic nitrogens is 2. The van der Waals surface area contributed by atoms with E-state index < -0.39 is 5.97 Å². The van der Waals surface area contributed by atoms with E-state index in [-0.39, 0.29) is 18.2 Å². The van der Waals surface area contributed by atoms with Gasteiger partial charge < -0.3 is 14.9 Å². The van der Waals surface area contributed by atoms with Crippen molar-refractivity contribution in [2.75, 3.05) is 7.11 Å². The lowest BCUT2D eigenvalue weighted by Crippen LogP contribution is -2.10. The fourth-order valence-corrected chi connectivity index (χ4v) is 2.02. The number of nitrogens with zero attached hydrogens (tertiary/aromatic N) is 2. The molecule has 116 valence electrons. The molecule has 0 radical (unpaired) electrons. The number of benzene rings is 1. The van der Waals surface area contributed by atoms with Gasteiger partial charge in [0.25, 0.3) is 0 Å². The Morgan fingerprint density at radius 1 is 1.41 bits per heavy atom. The Kier molecular flexibility index (Phi) is 4.83. The fraction of sp³-hybridized carbons (Fsp3) is 0.250. The second kappa shape index (κ2) is 6.80. The summed E-state index contributed by atoms with van der Waals surface area (Å²) < 4.78 is 6.68. The summed E-state index contributed by atoms with van der Waals surface area (Å²) in [4.78, 5) is 10.7. The molecule has 1 aromatic heterocycles. The van der Waals surface area contributed by atoms with E-state index in [1.54, 1.807) is 42.2 Å². The normalized spacial score (nSPS) is 12.5. The Bertz CT molecular complexity index is 691. The van der Waals surface area contributed by atoms with Gasteiger partial charge in [0.15, 0.2) is 11.5 Å². The largest absolute Gasteiger partial charge is 0.504 e. The summed E-state index contributed by atoms with van der Waals surface area (Å²) in [5.41, 5.74) is 1.74. The Labute approximate surface area is 128 Å². The molecule has 2 rings (SSSR count). The number of methoxy groups -OCH3 is 1. The van der Waals surface area contributed by atoms with Crippen LogP contribution >= 0.6 is 0 Å². The highest BCUT2D eigenvalue weighted by Gasteiger charge is 2.10. The van der Waals surface area contributed by atoms with Crippen molar-refractivity contribution in [1.82, 2.24) is 9.78 Å². The molecule has 6 heteroatoms. The standard InChI is InChI=1S/C16H18N2O4/c1-11(7-16(20)21)18-10-13(9-17-18)4-3-12-5-6-14(19)15(8-12)22-2/h3-6,8-11,19H,7H2,1-2H3,(H,20,21)/b4-3+. The van der Waals surface area contributed by atoms with Crippen LogP contribution in [-0.2, 0) is 4.79 Å². The van der Waals surface area contributed by atoms with Crippen LogP contribution in [-0.4, -0.2) is 33.1 Å². The van der Waals surface area contributed by atoms with Gasteiger partial charge in [-0.05, 0) is 24.6 Å². The van der Waals surface area contributed by atoms with Gasteiger partial charge in [0, 0.05) is 11.8 Å². The van der Waals surface area contributed by atoms with Gasteiger partial charge in [0.05, 0.1) is 25.8 Å². The molecule has 0 fully saturated rings. The van der Waals surface area contributed by atoms with Crippen molar-refractivity contribution >= 4 is 18.1 Å². The third-order valence-corrected chi connectivity index (χ3v) is 3.22. The number of phenols is 1. The summed E-state index contributed by atoms with van der Waals surface area (Å²) in [7, 11) is 1.50. The van der Waals surface area contributed by atoms with E-state index in [0.29, 0.717) is 5.75 Å². The van der Waals surface area contributed by atoms with Crippen molar-refractivity contribution in [1.29, 1.82) is 0 Å². The summed E-state index contributed by atoms with van der Waals surface area (Å²) in [6.07, 6.45) is 7.22. The van der Waals surface area contributed by atoms with Crippen LogP contribution in [0.1, 0.15) is 30.5 Å². The molecule has 0 aliphatic rings. The van der Waals surface area contributed by atoms with Crippen molar-refractivity contribution < 1.29 is 19.7 Å². The zero-order chi connectivity index (χ0) is 16.1. The van der Waals surface area contributed by atoms with Gasteiger partial charge in [0.2, 0.25) is 0 Å². The number of carboxylic acid groups (broad SMARTS) is 1. The van der Waals surface area contributed by atoms with Crippen molar-refractivity contribution in [3.05, 3.63) is 41.7 Å². The zero-order valence-electron chi connectivity index (χ0n) is 12.4. The molecule has 6 nitrogen and oxygen atoms in total. The zero-order valence-corrected chi connectivity index (χ0v) is 12.4. The number of ether oxygens (including phenoxy) is 1. The molecule has 0 aliphatic carbocycles. The third kappa shape index (κ3) is 3.88. The quantitative estimate of drug-likeness (QED) is 0.857. The van der Waals surface area contributed by atoms with Crippen LogP contribution < -0.4 is 4.74 Å². The Morgan fingerprint density at radius 3 is 2.82 bits per heavy atom. The van der Waals surface area contributed by atoms with Gasteiger partial charge in [-0.25, -0.2) is 0 Å². The second-order valence-electron chi connectivity index (χ2n) is 4.97. The summed E-state index contributed by atoms with van der Waals surface area (Å²) in [6.45, 7) is 1.81. The molecule has 0 saturated carbocycles. The topological polar surface area (TPSA) is 84.6 Å². The molecule has 2 aromatic rings. The second-order valence-corrected chi connectivity index (χ2v) is 4.97. The molecule has 0 amide bonds. The highest BCUT2D eigenvalue weighted by Crippen LogP contribution is 2.27. The molecular weight excluding hydrogens is 284 g/mol. The molecule has 22 heavy (non-hydrogen) atoms. The minimum atomic E-state index is -0.851. The van der Waals surface area contributed by atoms with E-state index in [2.05, 4.69) is 5.10 Å². The maximum Gasteiger partial charge on any atom is 0.305 e. The predicted molar refractivity (Wildman–Crippen MR) is 82.8 cm³/mol. The molecule has 1 atom stereocenters. The first-order valence-corrected chi connectivity index (χ1v) is 6.80. The number of aromatic hydroxyl groups is 1. The Morgan fingerprint density at radius 2 is 2.14 bits per heavy atom. The van der Waals surface area contributed by atoms with Crippen LogP contribution in [0, 0.1) is 0 Å². The summed E-state index contributed by atoms with van der Waals surface area (Å²) >= 11 is 0. The number of hydrogen-bond acceptors (Lipinski definition) is 4. The summed E-state index contributed by atoms with van der Waals surface area (Å²) in [6, 6.07) is 4.86.